The van der Waals surface area contributed by atoms with E-state index in [9.17, 15) is 14.9 Å². The van der Waals surface area contributed by atoms with Crippen molar-refractivity contribution < 1.29 is 9.59 Å². The maximum Gasteiger partial charge on any atom is 0.226 e. The summed E-state index contributed by atoms with van der Waals surface area (Å²) in [4.78, 5) is 38.4. The molecule has 0 aromatic carbocycles. The molecule has 3 heterocycles. The van der Waals surface area contributed by atoms with Gasteiger partial charge in [0.1, 0.15) is 11.6 Å². The summed E-state index contributed by atoms with van der Waals surface area (Å²) in [5.41, 5.74) is 1.41. The van der Waals surface area contributed by atoms with Crippen molar-refractivity contribution in [2.75, 3.05) is 24.5 Å². The van der Waals surface area contributed by atoms with Gasteiger partial charge in [-0.15, -0.1) is 0 Å². The van der Waals surface area contributed by atoms with Crippen molar-refractivity contribution in [1.29, 1.82) is 5.26 Å². The van der Waals surface area contributed by atoms with Crippen LogP contribution >= 0.6 is 0 Å². The summed E-state index contributed by atoms with van der Waals surface area (Å²) < 4.78 is 1.66. The molecule has 0 bridgehead atoms. The first-order valence-electron chi connectivity index (χ1n) is 11.4. The molecule has 1 atom stereocenters. The minimum absolute atomic E-state index is 0.00268. The van der Waals surface area contributed by atoms with Crippen LogP contribution in [0.4, 0.5) is 5.82 Å². The zero-order valence-electron chi connectivity index (χ0n) is 19.6. The van der Waals surface area contributed by atoms with Crippen LogP contribution in [-0.4, -0.2) is 68.2 Å². The van der Waals surface area contributed by atoms with Crippen LogP contribution in [0.25, 0.3) is 11.4 Å². The summed E-state index contributed by atoms with van der Waals surface area (Å²) in [5, 5.41) is 17.1. The summed E-state index contributed by atoms with van der Waals surface area (Å²) in [6, 6.07) is 2.22. The van der Waals surface area contributed by atoms with Crippen molar-refractivity contribution in [3.05, 3.63) is 23.7 Å². The Kier molecular flexibility index (Phi) is 6.31. The summed E-state index contributed by atoms with van der Waals surface area (Å²) in [7, 11) is 1.81. The van der Waals surface area contributed by atoms with Crippen LogP contribution in [0.15, 0.2) is 12.4 Å². The number of hydrogen-bond donors (Lipinski definition) is 1. The number of hydrogen-bond acceptors (Lipinski definition) is 7. The first-order valence-corrected chi connectivity index (χ1v) is 11.4. The Bertz CT molecular complexity index is 1100. The third-order valence-electron chi connectivity index (χ3n) is 5.95. The van der Waals surface area contributed by atoms with Crippen molar-refractivity contribution >= 4 is 17.6 Å². The lowest BCUT2D eigenvalue weighted by molar-refractivity contribution is -0.135. The van der Waals surface area contributed by atoms with Crippen LogP contribution < -0.4 is 10.2 Å². The molecule has 2 aromatic rings. The van der Waals surface area contributed by atoms with Gasteiger partial charge in [-0.25, -0.2) is 9.97 Å². The molecule has 10 nitrogen and oxygen atoms in total. The number of rotatable bonds is 6. The van der Waals surface area contributed by atoms with Crippen LogP contribution in [0.5, 0.6) is 0 Å². The van der Waals surface area contributed by atoms with E-state index in [0.717, 1.165) is 12.8 Å². The number of nitrogens with one attached hydrogen (secondary N) is 1. The number of aryl methyl sites for hydroxylation is 1. The zero-order valence-corrected chi connectivity index (χ0v) is 19.6. The van der Waals surface area contributed by atoms with Crippen LogP contribution in [0.1, 0.15) is 44.9 Å². The van der Waals surface area contributed by atoms with Gasteiger partial charge in [-0.1, -0.05) is 0 Å². The van der Waals surface area contributed by atoms with Gasteiger partial charge in [-0.2, -0.15) is 10.4 Å². The van der Waals surface area contributed by atoms with E-state index in [0.29, 0.717) is 48.1 Å². The second-order valence-corrected chi connectivity index (χ2v) is 9.21. The third kappa shape index (κ3) is 4.97. The minimum atomic E-state index is -0.198. The van der Waals surface area contributed by atoms with E-state index in [2.05, 4.69) is 21.5 Å². The van der Waals surface area contributed by atoms with Gasteiger partial charge in [-0.05, 0) is 33.6 Å². The Labute approximate surface area is 193 Å². The lowest BCUT2D eigenvalue weighted by Crippen LogP contribution is -2.55. The second kappa shape index (κ2) is 9.17. The smallest absolute Gasteiger partial charge is 0.226 e. The molecular weight excluding hydrogens is 420 g/mol. The highest BCUT2D eigenvalue weighted by Gasteiger charge is 2.38. The van der Waals surface area contributed by atoms with Gasteiger partial charge in [-0.3, -0.25) is 14.3 Å². The number of carbonyl (C=O) groups excluding carboxylic acids is 2. The number of anilines is 1. The lowest BCUT2D eigenvalue weighted by atomic mass is 10.1. The van der Waals surface area contributed by atoms with E-state index in [4.69, 9.17) is 4.98 Å². The molecule has 0 radical (unpaired) electrons. The molecule has 1 N–H and O–H groups in total. The van der Waals surface area contributed by atoms with Gasteiger partial charge < -0.3 is 15.1 Å². The number of carbonyl (C=O) groups is 2. The standard InChI is InChI=1S/C23H30N8O2/c1-14(2)26-20(32)9-19-18(10-24)22(28-21(27-19)17-11-25-29(4)13-17)30-7-8-31(15(3)12-30)23(33)16-5-6-16/h11,13-16H,5-9,12H2,1-4H3,(H,26,32)/t15-/m1/s1. The van der Waals surface area contributed by atoms with Crippen molar-refractivity contribution in [1.82, 2.24) is 30.0 Å². The molecule has 2 fully saturated rings. The first kappa shape index (κ1) is 22.7. The predicted molar refractivity (Wildman–Crippen MR) is 122 cm³/mol. The number of nitrogens with zero attached hydrogens (tertiary/aromatic N) is 7. The molecule has 0 spiro atoms. The molecule has 2 aromatic heterocycles. The molecule has 1 aliphatic heterocycles. The summed E-state index contributed by atoms with van der Waals surface area (Å²) in [5.74, 6) is 1.14. The van der Waals surface area contributed by atoms with Crippen molar-refractivity contribution in [2.45, 2.75) is 52.1 Å². The number of nitriles is 1. The van der Waals surface area contributed by atoms with Gasteiger partial charge in [0.05, 0.1) is 23.9 Å². The van der Waals surface area contributed by atoms with Crippen molar-refractivity contribution in [3.8, 4) is 17.5 Å². The van der Waals surface area contributed by atoms with E-state index < -0.39 is 0 Å². The average molecular weight is 451 g/mol. The van der Waals surface area contributed by atoms with E-state index in [-0.39, 0.29) is 36.2 Å². The summed E-state index contributed by atoms with van der Waals surface area (Å²) in [6.45, 7) is 7.51. The fourth-order valence-electron chi connectivity index (χ4n) is 4.20. The summed E-state index contributed by atoms with van der Waals surface area (Å²) in [6.07, 6.45) is 5.41. The molecule has 0 unspecified atom stereocenters. The van der Waals surface area contributed by atoms with E-state index >= 15 is 0 Å². The molecule has 2 aliphatic rings. The minimum Gasteiger partial charge on any atom is -0.354 e. The van der Waals surface area contributed by atoms with E-state index in [1.807, 2.05) is 37.6 Å². The largest absolute Gasteiger partial charge is 0.354 e. The van der Waals surface area contributed by atoms with Gasteiger partial charge in [0.15, 0.2) is 11.6 Å². The van der Waals surface area contributed by atoms with Gasteiger partial charge >= 0.3 is 0 Å². The monoisotopic (exact) mass is 450 g/mol. The Morgan fingerprint density at radius 2 is 2.03 bits per heavy atom. The fraction of sp³-hybridized carbons (Fsp3) is 0.565. The quantitative estimate of drug-likeness (QED) is 0.703. The molecule has 33 heavy (non-hydrogen) atoms. The average Bonchev–Trinajstić information content (AvgIpc) is 3.52. The van der Waals surface area contributed by atoms with E-state index in [1.54, 1.807) is 17.1 Å². The molecule has 10 heteroatoms. The molecule has 174 valence electrons. The Morgan fingerprint density at radius 3 is 2.61 bits per heavy atom. The van der Waals surface area contributed by atoms with Crippen LogP contribution in [0, 0.1) is 17.2 Å². The Morgan fingerprint density at radius 1 is 1.27 bits per heavy atom. The maximum absolute atomic E-state index is 12.6. The zero-order chi connectivity index (χ0) is 23.7. The van der Waals surface area contributed by atoms with Gasteiger partial charge in [0.25, 0.3) is 0 Å². The number of aromatic nitrogens is 4. The maximum atomic E-state index is 12.6. The molecule has 1 saturated heterocycles. The molecule has 2 amide bonds. The highest BCUT2D eigenvalue weighted by atomic mass is 16.2. The van der Waals surface area contributed by atoms with Crippen LogP contribution in [0.2, 0.25) is 0 Å². The number of amides is 2. The van der Waals surface area contributed by atoms with Crippen molar-refractivity contribution in [3.63, 3.8) is 0 Å². The number of piperazine rings is 1. The Hall–Kier alpha value is -3.48. The highest BCUT2D eigenvalue weighted by molar-refractivity contribution is 5.82. The predicted octanol–water partition coefficient (Wildman–Crippen LogP) is 1.26. The lowest BCUT2D eigenvalue weighted by Gasteiger charge is -2.41. The normalized spacial score (nSPS) is 18.4. The van der Waals surface area contributed by atoms with Gasteiger partial charge in [0.2, 0.25) is 11.8 Å². The molecule has 1 aliphatic carbocycles. The highest BCUT2D eigenvalue weighted by Crippen LogP contribution is 2.33. The molecule has 4 rings (SSSR count). The second-order valence-electron chi connectivity index (χ2n) is 9.21. The molecule has 1 saturated carbocycles. The molecular formula is C23H30N8O2. The van der Waals surface area contributed by atoms with Crippen LogP contribution in [-0.2, 0) is 23.1 Å². The van der Waals surface area contributed by atoms with E-state index in [1.165, 1.54) is 0 Å². The third-order valence-corrected chi connectivity index (χ3v) is 5.95. The summed E-state index contributed by atoms with van der Waals surface area (Å²) >= 11 is 0. The van der Waals surface area contributed by atoms with Crippen LogP contribution in [0.3, 0.4) is 0 Å². The first-order chi connectivity index (χ1) is 15.8. The SMILES string of the molecule is CC(C)NC(=O)Cc1nc(-c2cnn(C)c2)nc(N2CCN(C(=O)C3CC3)[C@H](C)C2)c1C#N. The van der Waals surface area contributed by atoms with Gasteiger partial charge in [0, 0.05) is 50.9 Å². The topological polar surface area (TPSA) is 120 Å². The van der Waals surface area contributed by atoms with Crippen molar-refractivity contribution in [2.24, 2.45) is 13.0 Å². The fourth-order valence-corrected chi connectivity index (χ4v) is 4.20. The Balaban J connectivity index is 1.68.